The third-order valence-electron chi connectivity index (χ3n) is 3.57. The van der Waals surface area contributed by atoms with Crippen LogP contribution in [0.25, 0.3) is 0 Å². The molecule has 1 saturated carbocycles. The summed E-state index contributed by atoms with van der Waals surface area (Å²) in [4.78, 5) is 0. The van der Waals surface area contributed by atoms with Gasteiger partial charge in [0.2, 0.25) is 0 Å². The zero-order valence-electron chi connectivity index (χ0n) is 9.17. The minimum atomic E-state index is -0.220. The lowest BCUT2D eigenvalue weighted by atomic mass is 9.84. The minimum Gasteiger partial charge on any atom is -0.392 e. The Morgan fingerprint density at radius 2 is 1.71 bits per heavy atom. The molecule has 14 heavy (non-hydrogen) atoms. The maximum absolute atomic E-state index is 9.84. The Balaban J connectivity index is 2.51. The van der Waals surface area contributed by atoms with Crippen LogP contribution in [-0.4, -0.2) is 11.2 Å². The van der Waals surface area contributed by atoms with E-state index in [2.05, 4.69) is 32.0 Å². The molecule has 1 heteroatoms. The molecule has 0 bridgehead atoms. The predicted octanol–water partition coefficient (Wildman–Crippen LogP) is 2.72. The Bertz CT molecular complexity index is 328. The second-order valence-electron chi connectivity index (χ2n) is 4.60. The highest BCUT2D eigenvalue weighted by molar-refractivity contribution is 5.44. The van der Waals surface area contributed by atoms with Gasteiger partial charge in [-0.25, -0.2) is 0 Å². The molecule has 1 aliphatic carbocycles. The average molecular weight is 190 g/mol. The van der Waals surface area contributed by atoms with E-state index < -0.39 is 0 Å². The predicted molar refractivity (Wildman–Crippen MR) is 58.5 cm³/mol. The summed E-state index contributed by atoms with van der Waals surface area (Å²) in [6.07, 6.45) is 2.05. The van der Waals surface area contributed by atoms with Gasteiger partial charge in [0.15, 0.2) is 0 Å². The van der Waals surface area contributed by atoms with E-state index in [0.29, 0.717) is 0 Å². The summed E-state index contributed by atoms with van der Waals surface area (Å²) in [5.74, 6) is 0. The standard InChI is InChI=1S/C13H18O/c1-9-5-4-6-10(2)12(9)13(7-8-13)11(3)14/h4-6,11,14H,7-8H2,1-3H3. The van der Waals surface area contributed by atoms with Gasteiger partial charge in [-0.05, 0) is 50.3 Å². The Hall–Kier alpha value is -0.820. The molecule has 1 N–H and O–H groups in total. The van der Waals surface area contributed by atoms with Gasteiger partial charge in [-0.2, -0.15) is 0 Å². The van der Waals surface area contributed by atoms with E-state index >= 15 is 0 Å². The van der Waals surface area contributed by atoms with Gasteiger partial charge in [0, 0.05) is 5.41 Å². The van der Waals surface area contributed by atoms with Crippen LogP contribution in [0.3, 0.4) is 0 Å². The fourth-order valence-electron chi connectivity index (χ4n) is 2.61. The number of aliphatic hydroxyl groups excluding tert-OH is 1. The van der Waals surface area contributed by atoms with Gasteiger partial charge in [-0.1, -0.05) is 18.2 Å². The van der Waals surface area contributed by atoms with E-state index in [1.54, 1.807) is 0 Å². The van der Waals surface area contributed by atoms with Crippen LogP contribution >= 0.6 is 0 Å². The fraction of sp³-hybridized carbons (Fsp3) is 0.538. The van der Waals surface area contributed by atoms with Crippen molar-refractivity contribution in [3.8, 4) is 0 Å². The van der Waals surface area contributed by atoms with Crippen molar-refractivity contribution in [2.45, 2.75) is 45.1 Å². The normalized spacial score (nSPS) is 20.6. The summed E-state index contributed by atoms with van der Waals surface area (Å²) in [5, 5.41) is 9.84. The van der Waals surface area contributed by atoms with Crippen LogP contribution in [0.1, 0.15) is 36.5 Å². The molecule has 0 spiro atoms. The molecule has 1 aliphatic rings. The maximum Gasteiger partial charge on any atom is 0.0608 e. The summed E-state index contributed by atoms with van der Waals surface area (Å²) in [5.41, 5.74) is 4.11. The SMILES string of the molecule is Cc1cccc(C)c1C1(C(C)O)CC1. The summed E-state index contributed by atoms with van der Waals surface area (Å²) in [6, 6.07) is 6.38. The molecular formula is C13H18O. The van der Waals surface area contributed by atoms with E-state index in [4.69, 9.17) is 0 Å². The van der Waals surface area contributed by atoms with Crippen LogP contribution in [0.4, 0.5) is 0 Å². The molecule has 0 radical (unpaired) electrons. The lowest BCUT2D eigenvalue weighted by Gasteiger charge is -2.23. The van der Waals surface area contributed by atoms with E-state index in [-0.39, 0.29) is 11.5 Å². The Morgan fingerprint density at radius 3 is 2.07 bits per heavy atom. The summed E-state index contributed by atoms with van der Waals surface area (Å²) < 4.78 is 0. The van der Waals surface area contributed by atoms with Crippen LogP contribution in [0.5, 0.6) is 0 Å². The monoisotopic (exact) mass is 190 g/mol. The van der Waals surface area contributed by atoms with Crippen molar-refractivity contribution in [1.82, 2.24) is 0 Å². The largest absolute Gasteiger partial charge is 0.392 e. The lowest BCUT2D eigenvalue weighted by Crippen LogP contribution is -2.24. The molecule has 0 aliphatic heterocycles. The zero-order chi connectivity index (χ0) is 10.3. The molecule has 2 rings (SSSR count). The van der Waals surface area contributed by atoms with Gasteiger partial charge in [-0.15, -0.1) is 0 Å². The highest BCUT2D eigenvalue weighted by Gasteiger charge is 2.49. The fourth-order valence-corrected chi connectivity index (χ4v) is 2.61. The molecule has 1 aromatic rings. The first-order chi connectivity index (χ1) is 6.58. The van der Waals surface area contributed by atoms with Crippen LogP contribution < -0.4 is 0 Å². The van der Waals surface area contributed by atoms with E-state index in [1.165, 1.54) is 16.7 Å². The molecule has 76 valence electrons. The molecule has 1 atom stereocenters. The van der Waals surface area contributed by atoms with Gasteiger partial charge in [0.1, 0.15) is 0 Å². The smallest absolute Gasteiger partial charge is 0.0608 e. The third-order valence-corrected chi connectivity index (χ3v) is 3.57. The highest BCUT2D eigenvalue weighted by Crippen LogP contribution is 2.52. The van der Waals surface area contributed by atoms with E-state index in [0.717, 1.165) is 12.8 Å². The lowest BCUT2D eigenvalue weighted by molar-refractivity contribution is 0.150. The van der Waals surface area contributed by atoms with Gasteiger partial charge in [-0.3, -0.25) is 0 Å². The quantitative estimate of drug-likeness (QED) is 0.760. The molecule has 1 nitrogen and oxygen atoms in total. The number of benzene rings is 1. The molecule has 1 unspecified atom stereocenters. The topological polar surface area (TPSA) is 20.2 Å². The van der Waals surface area contributed by atoms with Crippen molar-refractivity contribution >= 4 is 0 Å². The first kappa shape index (κ1) is 9.72. The molecule has 0 amide bonds. The molecule has 1 fully saturated rings. The van der Waals surface area contributed by atoms with Crippen LogP contribution in [0.2, 0.25) is 0 Å². The van der Waals surface area contributed by atoms with Crippen molar-refractivity contribution < 1.29 is 5.11 Å². The molecule has 0 saturated heterocycles. The van der Waals surface area contributed by atoms with Crippen molar-refractivity contribution in [2.24, 2.45) is 0 Å². The van der Waals surface area contributed by atoms with E-state index in [9.17, 15) is 5.11 Å². The molecule has 1 aromatic carbocycles. The molecule has 0 aromatic heterocycles. The summed E-state index contributed by atoms with van der Waals surface area (Å²) in [7, 11) is 0. The number of aliphatic hydroxyl groups is 1. The first-order valence-electron chi connectivity index (χ1n) is 5.33. The van der Waals surface area contributed by atoms with Crippen LogP contribution in [0.15, 0.2) is 18.2 Å². The van der Waals surface area contributed by atoms with Crippen molar-refractivity contribution in [3.63, 3.8) is 0 Å². The minimum absolute atomic E-state index is 0.0788. The average Bonchev–Trinajstić information content (AvgIpc) is 2.85. The van der Waals surface area contributed by atoms with Crippen molar-refractivity contribution in [2.75, 3.05) is 0 Å². The second kappa shape index (κ2) is 3.09. The van der Waals surface area contributed by atoms with Crippen LogP contribution in [0, 0.1) is 13.8 Å². The van der Waals surface area contributed by atoms with Gasteiger partial charge in [0.05, 0.1) is 6.10 Å². The number of hydrogen-bond donors (Lipinski definition) is 1. The Labute approximate surface area is 85.8 Å². The van der Waals surface area contributed by atoms with Crippen molar-refractivity contribution in [1.29, 1.82) is 0 Å². The third kappa shape index (κ3) is 1.27. The summed E-state index contributed by atoms with van der Waals surface area (Å²) in [6.45, 7) is 6.20. The van der Waals surface area contributed by atoms with Gasteiger partial charge < -0.3 is 5.11 Å². The second-order valence-corrected chi connectivity index (χ2v) is 4.60. The first-order valence-corrected chi connectivity index (χ1v) is 5.33. The number of rotatable bonds is 2. The molecular weight excluding hydrogens is 172 g/mol. The van der Waals surface area contributed by atoms with E-state index in [1.807, 2.05) is 6.92 Å². The number of hydrogen-bond acceptors (Lipinski definition) is 1. The van der Waals surface area contributed by atoms with Gasteiger partial charge >= 0.3 is 0 Å². The molecule has 0 heterocycles. The van der Waals surface area contributed by atoms with Crippen molar-refractivity contribution in [3.05, 3.63) is 34.9 Å². The Morgan fingerprint density at radius 1 is 1.21 bits per heavy atom. The maximum atomic E-state index is 9.84. The zero-order valence-corrected chi connectivity index (χ0v) is 9.17. The number of aryl methyl sites for hydroxylation is 2. The highest BCUT2D eigenvalue weighted by atomic mass is 16.3. The summed E-state index contributed by atoms with van der Waals surface area (Å²) >= 11 is 0. The van der Waals surface area contributed by atoms with Gasteiger partial charge in [0.25, 0.3) is 0 Å². The van der Waals surface area contributed by atoms with Crippen LogP contribution in [-0.2, 0) is 5.41 Å². The Kier molecular flexibility index (Phi) is 2.15.